The molecular formula is C22H32N4O2. The van der Waals surface area contributed by atoms with Crippen LogP contribution in [-0.2, 0) is 13.6 Å². The molecule has 2 aromatic rings. The van der Waals surface area contributed by atoms with Gasteiger partial charge in [0.25, 0.3) is 0 Å². The molecule has 6 nitrogen and oxygen atoms in total. The Hall–Kier alpha value is -2.05. The number of rotatable bonds is 5. The summed E-state index contributed by atoms with van der Waals surface area (Å²) in [6.45, 7) is 9.16. The number of hydrogen-bond acceptors (Lipinski definition) is 5. The maximum absolute atomic E-state index is 5.86. The number of piperidine rings is 1. The van der Waals surface area contributed by atoms with Gasteiger partial charge in [-0.3, -0.25) is 4.68 Å². The Labute approximate surface area is 167 Å². The van der Waals surface area contributed by atoms with E-state index < -0.39 is 0 Å². The molecule has 3 heterocycles. The van der Waals surface area contributed by atoms with Crippen molar-refractivity contribution in [3.05, 3.63) is 30.0 Å². The first-order valence-electron chi connectivity index (χ1n) is 10.5. The van der Waals surface area contributed by atoms with Gasteiger partial charge in [0, 0.05) is 49.4 Å². The van der Waals surface area contributed by atoms with Crippen molar-refractivity contribution in [2.75, 3.05) is 26.3 Å². The Morgan fingerprint density at radius 2 is 1.89 bits per heavy atom. The summed E-state index contributed by atoms with van der Waals surface area (Å²) in [6, 6.07) is 7.37. The van der Waals surface area contributed by atoms with Crippen molar-refractivity contribution in [1.82, 2.24) is 20.0 Å². The van der Waals surface area contributed by atoms with Gasteiger partial charge < -0.3 is 19.7 Å². The Kier molecular flexibility index (Phi) is 5.87. The first kappa shape index (κ1) is 19.3. The number of ether oxygens (including phenoxy) is 2. The second-order valence-corrected chi connectivity index (χ2v) is 8.17. The standard InChI is InChI=1S/C22H32N4O2/c1-16(2)26-9-7-19(8-10-26)23-14-18-15-25(3)24-22(18)17-5-6-20-21(13-17)28-12-4-11-27-20/h5-6,13,15-16,19,23H,4,7-12,14H2,1-3H3. The van der Waals surface area contributed by atoms with E-state index >= 15 is 0 Å². The van der Waals surface area contributed by atoms with Crippen molar-refractivity contribution in [1.29, 1.82) is 0 Å². The highest BCUT2D eigenvalue weighted by Crippen LogP contribution is 2.34. The minimum atomic E-state index is 0.576. The number of benzene rings is 1. The van der Waals surface area contributed by atoms with E-state index in [-0.39, 0.29) is 0 Å². The summed E-state index contributed by atoms with van der Waals surface area (Å²) in [6.07, 6.45) is 5.45. The van der Waals surface area contributed by atoms with E-state index in [1.807, 2.05) is 17.8 Å². The van der Waals surface area contributed by atoms with Gasteiger partial charge in [0.2, 0.25) is 0 Å². The lowest BCUT2D eigenvalue weighted by Gasteiger charge is -2.35. The van der Waals surface area contributed by atoms with Crippen LogP contribution in [0.15, 0.2) is 24.4 Å². The van der Waals surface area contributed by atoms with Gasteiger partial charge in [-0.25, -0.2) is 0 Å². The van der Waals surface area contributed by atoms with Gasteiger partial charge in [0.15, 0.2) is 11.5 Å². The molecule has 0 saturated carbocycles. The topological polar surface area (TPSA) is 51.6 Å². The van der Waals surface area contributed by atoms with E-state index in [0.29, 0.717) is 25.3 Å². The van der Waals surface area contributed by atoms with Crippen molar-refractivity contribution in [2.24, 2.45) is 7.05 Å². The van der Waals surface area contributed by atoms with Crippen LogP contribution in [0.1, 0.15) is 38.7 Å². The highest BCUT2D eigenvalue weighted by Gasteiger charge is 2.21. The molecule has 1 aromatic carbocycles. The molecule has 1 fully saturated rings. The van der Waals surface area contributed by atoms with Crippen molar-refractivity contribution in [2.45, 2.75) is 51.7 Å². The molecule has 0 spiro atoms. The van der Waals surface area contributed by atoms with Crippen LogP contribution in [-0.4, -0.2) is 53.1 Å². The van der Waals surface area contributed by atoms with Crippen molar-refractivity contribution in [3.63, 3.8) is 0 Å². The van der Waals surface area contributed by atoms with Gasteiger partial charge in [-0.2, -0.15) is 5.10 Å². The minimum absolute atomic E-state index is 0.576. The number of nitrogens with zero attached hydrogens (tertiary/aromatic N) is 3. The minimum Gasteiger partial charge on any atom is -0.490 e. The van der Waals surface area contributed by atoms with Crippen molar-refractivity contribution in [3.8, 4) is 22.8 Å². The molecular weight excluding hydrogens is 352 g/mol. The van der Waals surface area contributed by atoms with Gasteiger partial charge in [-0.05, 0) is 58.0 Å². The van der Waals surface area contributed by atoms with Crippen LogP contribution in [0.5, 0.6) is 11.5 Å². The third-order valence-electron chi connectivity index (χ3n) is 5.77. The molecule has 6 heteroatoms. The first-order valence-corrected chi connectivity index (χ1v) is 10.5. The molecule has 152 valence electrons. The number of likely N-dealkylation sites (tertiary alicyclic amines) is 1. The summed E-state index contributed by atoms with van der Waals surface area (Å²) in [5.74, 6) is 1.65. The SMILES string of the molecule is CC(C)N1CCC(NCc2cn(C)nc2-c2ccc3c(c2)OCCCO3)CC1. The van der Waals surface area contributed by atoms with Crippen molar-refractivity contribution >= 4 is 0 Å². The summed E-state index contributed by atoms with van der Waals surface area (Å²) in [5, 5.41) is 8.48. The average Bonchev–Trinajstić information content (AvgIpc) is 2.92. The van der Waals surface area contributed by atoms with E-state index in [2.05, 4.69) is 42.4 Å². The number of aromatic nitrogens is 2. The maximum Gasteiger partial charge on any atom is 0.161 e. The Morgan fingerprint density at radius 1 is 1.14 bits per heavy atom. The highest BCUT2D eigenvalue weighted by molar-refractivity contribution is 5.66. The molecule has 0 radical (unpaired) electrons. The summed E-state index contributed by atoms with van der Waals surface area (Å²) in [5.41, 5.74) is 3.32. The van der Waals surface area contributed by atoms with E-state index in [1.54, 1.807) is 0 Å². The number of hydrogen-bond donors (Lipinski definition) is 1. The van der Waals surface area contributed by atoms with Gasteiger partial charge >= 0.3 is 0 Å². The van der Waals surface area contributed by atoms with Crippen molar-refractivity contribution < 1.29 is 9.47 Å². The molecule has 1 saturated heterocycles. The predicted molar refractivity (Wildman–Crippen MR) is 111 cm³/mol. The van der Waals surface area contributed by atoms with Gasteiger partial charge in [0.1, 0.15) is 0 Å². The first-order chi connectivity index (χ1) is 13.6. The van der Waals surface area contributed by atoms with Gasteiger partial charge in [0.05, 0.1) is 18.9 Å². The average molecular weight is 385 g/mol. The number of nitrogens with one attached hydrogen (secondary N) is 1. The Balaban J connectivity index is 1.45. The van der Waals surface area contributed by atoms with Crippen LogP contribution in [0.4, 0.5) is 0 Å². The lowest BCUT2D eigenvalue weighted by molar-refractivity contribution is 0.161. The van der Waals surface area contributed by atoms with Crippen LogP contribution < -0.4 is 14.8 Å². The zero-order valence-corrected chi connectivity index (χ0v) is 17.3. The lowest BCUT2D eigenvalue weighted by Crippen LogP contribution is -2.44. The highest BCUT2D eigenvalue weighted by atomic mass is 16.5. The molecule has 2 aliphatic rings. The maximum atomic E-state index is 5.86. The smallest absolute Gasteiger partial charge is 0.161 e. The monoisotopic (exact) mass is 384 g/mol. The Morgan fingerprint density at radius 3 is 2.64 bits per heavy atom. The molecule has 28 heavy (non-hydrogen) atoms. The zero-order valence-electron chi connectivity index (χ0n) is 17.3. The fourth-order valence-corrected chi connectivity index (χ4v) is 4.09. The zero-order chi connectivity index (χ0) is 19.5. The van der Waals surface area contributed by atoms with Crippen LogP contribution >= 0.6 is 0 Å². The fraction of sp³-hybridized carbons (Fsp3) is 0.591. The van der Waals surface area contributed by atoms with Crippen LogP contribution in [0.2, 0.25) is 0 Å². The van der Waals surface area contributed by atoms with Crippen LogP contribution in [0, 0.1) is 0 Å². The molecule has 0 aliphatic carbocycles. The molecule has 0 amide bonds. The second kappa shape index (κ2) is 8.53. The van der Waals surface area contributed by atoms with E-state index in [1.165, 1.54) is 31.5 Å². The van der Waals surface area contributed by atoms with Crippen LogP contribution in [0.25, 0.3) is 11.3 Å². The molecule has 0 atom stereocenters. The summed E-state index contributed by atoms with van der Waals surface area (Å²) >= 11 is 0. The largest absolute Gasteiger partial charge is 0.490 e. The summed E-state index contributed by atoms with van der Waals surface area (Å²) in [4.78, 5) is 2.56. The molecule has 0 bridgehead atoms. The third kappa shape index (κ3) is 4.33. The van der Waals surface area contributed by atoms with E-state index in [4.69, 9.17) is 14.6 Å². The third-order valence-corrected chi connectivity index (χ3v) is 5.77. The molecule has 4 rings (SSSR count). The molecule has 0 unspecified atom stereocenters. The quantitative estimate of drug-likeness (QED) is 0.858. The fourth-order valence-electron chi connectivity index (χ4n) is 4.09. The van der Waals surface area contributed by atoms with Gasteiger partial charge in [-0.1, -0.05) is 0 Å². The Bertz CT molecular complexity index is 794. The number of aryl methyl sites for hydroxylation is 1. The van der Waals surface area contributed by atoms with E-state index in [9.17, 15) is 0 Å². The molecule has 2 aliphatic heterocycles. The predicted octanol–water partition coefficient (Wildman–Crippen LogP) is 3.21. The van der Waals surface area contributed by atoms with Gasteiger partial charge in [-0.15, -0.1) is 0 Å². The normalized spacial score (nSPS) is 18.4. The van der Waals surface area contributed by atoms with E-state index in [0.717, 1.165) is 35.7 Å². The second-order valence-electron chi connectivity index (χ2n) is 8.17. The van der Waals surface area contributed by atoms with Crippen LogP contribution in [0.3, 0.4) is 0 Å². The number of fused-ring (bicyclic) bond motifs is 1. The lowest BCUT2D eigenvalue weighted by atomic mass is 10.0. The molecule has 1 aromatic heterocycles. The molecule has 1 N–H and O–H groups in total. The summed E-state index contributed by atoms with van der Waals surface area (Å²) < 4.78 is 13.5. The summed E-state index contributed by atoms with van der Waals surface area (Å²) in [7, 11) is 1.98.